The van der Waals surface area contributed by atoms with Crippen LogP contribution in [0.25, 0.3) is 0 Å². The van der Waals surface area contributed by atoms with E-state index in [9.17, 15) is 18.0 Å². The average molecular weight is 635 g/mol. The highest BCUT2D eigenvalue weighted by Gasteiger charge is 2.27. The first-order valence-electron chi connectivity index (χ1n) is 13.5. The summed E-state index contributed by atoms with van der Waals surface area (Å²) in [6.45, 7) is 1.21. The molecule has 0 bridgehead atoms. The van der Waals surface area contributed by atoms with Crippen LogP contribution < -0.4 is 24.5 Å². The van der Waals surface area contributed by atoms with Crippen LogP contribution in [0, 0.1) is 0 Å². The van der Waals surface area contributed by atoms with Gasteiger partial charge in [-0.2, -0.15) is 5.10 Å². The number of carbonyl (C=O) groups is 2. The molecule has 2 N–H and O–H groups in total. The average Bonchev–Trinajstić information content (AvgIpc) is 3.04. The molecule has 1 atom stereocenters. The fraction of sp³-hybridized carbons (Fsp3) is 0.156. The van der Waals surface area contributed by atoms with E-state index in [0.29, 0.717) is 22.1 Å². The van der Waals surface area contributed by atoms with Crippen LogP contribution >= 0.6 is 11.6 Å². The molecule has 4 aromatic rings. The molecule has 0 aliphatic carbocycles. The summed E-state index contributed by atoms with van der Waals surface area (Å²) in [4.78, 5) is 25.1. The Kier molecular flexibility index (Phi) is 11.0. The van der Waals surface area contributed by atoms with Crippen molar-refractivity contribution in [2.45, 2.75) is 17.9 Å². The molecule has 44 heavy (non-hydrogen) atoms. The maximum atomic E-state index is 13.5. The predicted molar refractivity (Wildman–Crippen MR) is 170 cm³/mol. The highest BCUT2D eigenvalue weighted by Crippen LogP contribution is 2.26. The molecular formula is C32H31ClN4O6S. The lowest BCUT2D eigenvalue weighted by Crippen LogP contribution is -2.39. The Labute approximate surface area is 261 Å². The van der Waals surface area contributed by atoms with E-state index >= 15 is 0 Å². The van der Waals surface area contributed by atoms with Gasteiger partial charge in [-0.25, -0.2) is 13.8 Å². The minimum Gasteiger partial charge on any atom is -0.497 e. The van der Waals surface area contributed by atoms with Gasteiger partial charge in [0.15, 0.2) is 6.61 Å². The van der Waals surface area contributed by atoms with Crippen LogP contribution in [-0.4, -0.2) is 46.7 Å². The molecule has 0 saturated heterocycles. The molecule has 4 rings (SSSR count). The minimum atomic E-state index is -4.12. The summed E-state index contributed by atoms with van der Waals surface area (Å²) in [6, 6.07) is 28.1. The van der Waals surface area contributed by atoms with E-state index in [2.05, 4.69) is 15.8 Å². The standard InChI is InChI=1S/C32H31ClN4O6S/c1-23(25-6-4-3-5-7-25)35-32(39)22-43-29-14-8-24(9-15-29)20-34-36-31(38)21-37(27-12-10-26(33)11-13-27)44(40,41)30-18-16-28(42-2)17-19-30/h3-20,23H,21-22H2,1-2H3,(H,35,39)(H,36,38)/b34-20-/t23-/m1/s1. The van der Waals surface area contributed by atoms with E-state index in [1.54, 1.807) is 24.3 Å². The van der Waals surface area contributed by atoms with Crippen molar-refractivity contribution in [2.24, 2.45) is 5.10 Å². The Hall–Kier alpha value is -4.87. The summed E-state index contributed by atoms with van der Waals surface area (Å²) < 4.78 is 38.6. The number of methoxy groups -OCH3 is 1. The second-order valence-electron chi connectivity index (χ2n) is 9.51. The summed E-state index contributed by atoms with van der Waals surface area (Å²) in [5, 5.41) is 7.26. The number of sulfonamides is 1. The number of hydrogen-bond donors (Lipinski definition) is 2. The number of halogens is 1. The lowest BCUT2D eigenvalue weighted by Gasteiger charge is -2.23. The SMILES string of the molecule is COc1ccc(S(=O)(=O)N(CC(=O)N/N=C\c2ccc(OCC(=O)N[C@H](C)c3ccccc3)cc2)c2ccc(Cl)cc2)cc1. The van der Waals surface area contributed by atoms with Crippen molar-refractivity contribution in [3.05, 3.63) is 119 Å². The number of ether oxygens (including phenoxy) is 2. The largest absolute Gasteiger partial charge is 0.497 e. The van der Waals surface area contributed by atoms with E-state index < -0.39 is 22.5 Å². The van der Waals surface area contributed by atoms with Crippen molar-refractivity contribution in [2.75, 3.05) is 24.6 Å². The zero-order valence-corrected chi connectivity index (χ0v) is 25.6. The third-order valence-corrected chi connectivity index (χ3v) is 8.42. The van der Waals surface area contributed by atoms with Gasteiger partial charge in [-0.15, -0.1) is 0 Å². The molecular weight excluding hydrogens is 604 g/mol. The van der Waals surface area contributed by atoms with Crippen LogP contribution in [0.5, 0.6) is 11.5 Å². The molecule has 0 aliphatic rings. The van der Waals surface area contributed by atoms with Crippen molar-refractivity contribution in [3.8, 4) is 11.5 Å². The number of anilines is 1. The van der Waals surface area contributed by atoms with Gasteiger partial charge in [0.2, 0.25) is 0 Å². The van der Waals surface area contributed by atoms with Crippen LogP contribution in [0.15, 0.2) is 113 Å². The first-order valence-corrected chi connectivity index (χ1v) is 15.3. The molecule has 4 aromatic carbocycles. The monoisotopic (exact) mass is 634 g/mol. The summed E-state index contributed by atoms with van der Waals surface area (Å²) in [5.41, 5.74) is 4.25. The van der Waals surface area contributed by atoms with Crippen molar-refractivity contribution >= 4 is 45.3 Å². The molecule has 0 heterocycles. The van der Waals surface area contributed by atoms with E-state index in [0.717, 1.165) is 9.87 Å². The smallest absolute Gasteiger partial charge is 0.264 e. The van der Waals surface area contributed by atoms with Gasteiger partial charge in [0.25, 0.3) is 21.8 Å². The number of amides is 2. The summed E-state index contributed by atoms with van der Waals surface area (Å²) >= 11 is 5.99. The Morgan fingerprint density at radius 2 is 1.52 bits per heavy atom. The van der Waals surface area contributed by atoms with E-state index in [4.69, 9.17) is 21.1 Å². The summed E-state index contributed by atoms with van der Waals surface area (Å²) in [7, 11) is -2.64. The van der Waals surface area contributed by atoms with Crippen LogP contribution in [-0.2, 0) is 19.6 Å². The normalized spacial score (nSPS) is 11.9. The summed E-state index contributed by atoms with van der Waals surface area (Å²) in [5.74, 6) is 0.0593. The Morgan fingerprint density at radius 1 is 0.886 bits per heavy atom. The van der Waals surface area contributed by atoms with Gasteiger partial charge >= 0.3 is 0 Å². The maximum Gasteiger partial charge on any atom is 0.264 e. The number of rotatable bonds is 13. The first kappa shape index (κ1) is 32.1. The second-order valence-corrected chi connectivity index (χ2v) is 11.8. The molecule has 0 radical (unpaired) electrons. The molecule has 0 unspecified atom stereocenters. The fourth-order valence-corrected chi connectivity index (χ4v) is 5.60. The minimum absolute atomic E-state index is 0.0185. The van der Waals surface area contributed by atoms with Gasteiger partial charge in [0, 0.05) is 5.02 Å². The number of benzene rings is 4. The molecule has 10 nitrogen and oxygen atoms in total. The lowest BCUT2D eigenvalue weighted by molar-refractivity contribution is -0.123. The quantitative estimate of drug-likeness (QED) is 0.158. The van der Waals surface area contributed by atoms with Gasteiger partial charge in [-0.05, 0) is 90.8 Å². The van der Waals surface area contributed by atoms with E-state index in [1.165, 1.54) is 61.9 Å². The van der Waals surface area contributed by atoms with Crippen LogP contribution in [0.1, 0.15) is 24.1 Å². The molecule has 0 aliphatic heterocycles. The van der Waals surface area contributed by atoms with Crippen LogP contribution in [0.4, 0.5) is 5.69 Å². The van der Waals surface area contributed by atoms with Gasteiger partial charge in [0.1, 0.15) is 18.0 Å². The number of nitrogens with one attached hydrogen (secondary N) is 2. The lowest BCUT2D eigenvalue weighted by atomic mass is 10.1. The number of carbonyl (C=O) groups excluding carboxylic acids is 2. The van der Waals surface area contributed by atoms with Crippen molar-refractivity contribution in [1.82, 2.24) is 10.7 Å². The Balaban J connectivity index is 1.33. The summed E-state index contributed by atoms with van der Waals surface area (Å²) in [6.07, 6.45) is 1.40. The Bertz CT molecular complexity index is 1680. The highest BCUT2D eigenvalue weighted by molar-refractivity contribution is 7.92. The van der Waals surface area contributed by atoms with E-state index in [1.807, 2.05) is 37.3 Å². The fourth-order valence-electron chi connectivity index (χ4n) is 4.05. The van der Waals surface area contributed by atoms with Crippen molar-refractivity contribution < 1.29 is 27.5 Å². The Morgan fingerprint density at radius 3 is 2.16 bits per heavy atom. The van der Waals surface area contributed by atoms with Gasteiger partial charge in [-0.1, -0.05) is 41.9 Å². The molecule has 228 valence electrons. The highest BCUT2D eigenvalue weighted by atomic mass is 35.5. The molecule has 0 spiro atoms. The molecule has 2 amide bonds. The number of hydrogen-bond acceptors (Lipinski definition) is 7. The van der Waals surface area contributed by atoms with Gasteiger partial charge in [-0.3, -0.25) is 13.9 Å². The zero-order chi connectivity index (χ0) is 31.5. The number of hydrazone groups is 1. The first-order chi connectivity index (χ1) is 21.2. The number of nitrogens with zero attached hydrogens (tertiary/aromatic N) is 2. The van der Waals surface area contributed by atoms with Crippen LogP contribution in [0.2, 0.25) is 5.02 Å². The van der Waals surface area contributed by atoms with Crippen molar-refractivity contribution in [1.29, 1.82) is 0 Å². The third-order valence-electron chi connectivity index (χ3n) is 6.38. The van der Waals surface area contributed by atoms with E-state index in [-0.39, 0.29) is 29.1 Å². The topological polar surface area (TPSA) is 126 Å². The van der Waals surface area contributed by atoms with Crippen LogP contribution in [0.3, 0.4) is 0 Å². The third kappa shape index (κ3) is 8.82. The zero-order valence-electron chi connectivity index (χ0n) is 24.0. The molecule has 12 heteroatoms. The molecule has 0 aromatic heterocycles. The molecule has 0 fully saturated rings. The second kappa shape index (κ2) is 15.0. The predicted octanol–water partition coefficient (Wildman–Crippen LogP) is 4.95. The van der Waals surface area contributed by atoms with Crippen molar-refractivity contribution in [3.63, 3.8) is 0 Å². The van der Waals surface area contributed by atoms with Gasteiger partial charge < -0.3 is 14.8 Å². The maximum absolute atomic E-state index is 13.5. The van der Waals surface area contributed by atoms with Gasteiger partial charge in [0.05, 0.1) is 29.9 Å². The molecule has 0 saturated carbocycles.